The smallest absolute Gasteiger partial charge is 0.233 e. The van der Waals surface area contributed by atoms with E-state index in [4.69, 9.17) is 5.73 Å². The standard InChI is InChI=1S/C15H19BrN2O.ClH/c16-12-3-1-11(2-4-12)15(7-8-15)14(19)18-9-5-13(17)6-10-18;/h1-4,13H,5-10,17H2;1H. The summed E-state index contributed by atoms with van der Waals surface area (Å²) in [5, 5.41) is 0. The van der Waals surface area contributed by atoms with Crippen molar-refractivity contribution in [1.29, 1.82) is 0 Å². The highest BCUT2D eigenvalue weighted by Gasteiger charge is 2.53. The molecule has 0 radical (unpaired) electrons. The Morgan fingerprint density at radius 2 is 1.75 bits per heavy atom. The van der Waals surface area contributed by atoms with Crippen LogP contribution in [0.2, 0.25) is 0 Å². The topological polar surface area (TPSA) is 46.3 Å². The summed E-state index contributed by atoms with van der Waals surface area (Å²) in [5.74, 6) is 0.307. The van der Waals surface area contributed by atoms with Crippen LogP contribution in [0.4, 0.5) is 0 Å². The summed E-state index contributed by atoms with van der Waals surface area (Å²) in [4.78, 5) is 14.8. The predicted octanol–water partition coefficient (Wildman–Crippen LogP) is 2.85. The van der Waals surface area contributed by atoms with Gasteiger partial charge in [-0.2, -0.15) is 0 Å². The molecule has 1 saturated carbocycles. The summed E-state index contributed by atoms with van der Waals surface area (Å²) < 4.78 is 1.06. The van der Waals surface area contributed by atoms with Crippen molar-refractivity contribution >= 4 is 34.2 Å². The number of likely N-dealkylation sites (tertiary alicyclic amines) is 1. The first kappa shape index (κ1) is 15.8. The molecule has 1 aromatic rings. The van der Waals surface area contributed by atoms with E-state index in [-0.39, 0.29) is 23.9 Å². The minimum absolute atomic E-state index is 0. The highest BCUT2D eigenvalue weighted by atomic mass is 79.9. The van der Waals surface area contributed by atoms with E-state index in [1.54, 1.807) is 0 Å². The number of piperidine rings is 1. The second-order valence-corrected chi connectivity index (χ2v) is 6.63. The number of carbonyl (C=O) groups is 1. The maximum atomic E-state index is 12.7. The molecular formula is C15H20BrClN2O. The maximum Gasteiger partial charge on any atom is 0.233 e. The largest absolute Gasteiger partial charge is 0.342 e. The molecule has 1 saturated heterocycles. The first-order valence-electron chi connectivity index (χ1n) is 6.93. The van der Waals surface area contributed by atoms with Crippen molar-refractivity contribution in [2.45, 2.75) is 37.1 Å². The molecule has 0 bridgehead atoms. The molecule has 1 aliphatic heterocycles. The van der Waals surface area contributed by atoms with Gasteiger partial charge in [-0.1, -0.05) is 28.1 Å². The van der Waals surface area contributed by atoms with Crippen LogP contribution >= 0.6 is 28.3 Å². The van der Waals surface area contributed by atoms with Gasteiger partial charge in [0, 0.05) is 23.6 Å². The van der Waals surface area contributed by atoms with E-state index in [1.807, 2.05) is 17.0 Å². The Labute approximate surface area is 134 Å². The van der Waals surface area contributed by atoms with Crippen LogP contribution in [-0.2, 0) is 10.2 Å². The molecule has 0 atom stereocenters. The third-order valence-corrected chi connectivity index (χ3v) is 4.91. The molecule has 5 heteroatoms. The average molecular weight is 360 g/mol. The van der Waals surface area contributed by atoms with Gasteiger partial charge in [-0.25, -0.2) is 0 Å². The van der Waals surface area contributed by atoms with Crippen LogP contribution in [0, 0.1) is 0 Å². The molecule has 2 fully saturated rings. The molecule has 0 aromatic heterocycles. The van der Waals surface area contributed by atoms with Crippen LogP contribution in [0.15, 0.2) is 28.7 Å². The summed E-state index contributed by atoms with van der Waals surface area (Å²) in [5.41, 5.74) is 6.83. The molecule has 1 amide bonds. The molecule has 1 heterocycles. The minimum Gasteiger partial charge on any atom is -0.342 e. The highest BCUT2D eigenvalue weighted by Crippen LogP contribution is 2.50. The number of halogens is 2. The SMILES string of the molecule is Cl.NC1CCN(C(=O)C2(c3ccc(Br)cc3)CC2)CC1. The molecule has 2 aliphatic rings. The van der Waals surface area contributed by atoms with Crippen LogP contribution in [0.5, 0.6) is 0 Å². The van der Waals surface area contributed by atoms with Gasteiger partial charge in [0.1, 0.15) is 0 Å². The Morgan fingerprint density at radius 3 is 2.25 bits per heavy atom. The highest BCUT2D eigenvalue weighted by molar-refractivity contribution is 9.10. The number of hydrogen-bond donors (Lipinski definition) is 1. The van der Waals surface area contributed by atoms with E-state index in [0.29, 0.717) is 5.91 Å². The number of nitrogens with zero attached hydrogens (tertiary/aromatic N) is 1. The third kappa shape index (κ3) is 2.87. The van der Waals surface area contributed by atoms with Crippen molar-refractivity contribution < 1.29 is 4.79 Å². The van der Waals surface area contributed by atoms with Gasteiger partial charge >= 0.3 is 0 Å². The van der Waals surface area contributed by atoms with Gasteiger partial charge in [0.2, 0.25) is 5.91 Å². The Balaban J connectivity index is 0.00000147. The number of benzene rings is 1. The molecule has 1 aromatic carbocycles. The fraction of sp³-hybridized carbons (Fsp3) is 0.533. The molecule has 0 spiro atoms. The maximum absolute atomic E-state index is 12.7. The summed E-state index contributed by atoms with van der Waals surface area (Å²) in [6.45, 7) is 1.64. The van der Waals surface area contributed by atoms with E-state index < -0.39 is 0 Å². The number of nitrogens with two attached hydrogens (primary N) is 1. The Kier molecular flexibility index (Phi) is 4.77. The molecular weight excluding hydrogens is 340 g/mol. The fourth-order valence-corrected chi connectivity index (χ4v) is 3.19. The van der Waals surface area contributed by atoms with Crippen LogP contribution < -0.4 is 5.73 Å². The van der Waals surface area contributed by atoms with E-state index in [1.165, 1.54) is 0 Å². The zero-order valence-electron chi connectivity index (χ0n) is 11.3. The third-order valence-electron chi connectivity index (χ3n) is 4.38. The quantitative estimate of drug-likeness (QED) is 0.882. The lowest BCUT2D eigenvalue weighted by molar-refractivity contribution is -0.135. The monoisotopic (exact) mass is 358 g/mol. The lowest BCUT2D eigenvalue weighted by Gasteiger charge is -2.33. The average Bonchev–Trinajstić information content (AvgIpc) is 3.21. The van der Waals surface area contributed by atoms with Crippen molar-refractivity contribution in [3.63, 3.8) is 0 Å². The number of amides is 1. The number of hydrogen-bond acceptors (Lipinski definition) is 2. The van der Waals surface area contributed by atoms with E-state index >= 15 is 0 Å². The molecule has 20 heavy (non-hydrogen) atoms. The summed E-state index contributed by atoms with van der Waals surface area (Å²) in [6.07, 6.45) is 3.83. The first-order valence-corrected chi connectivity index (χ1v) is 7.72. The number of rotatable bonds is 2. The van der Waals surface area contributed by atoms with Gasteiger partial charge in [-0.3, -0.25) is 4.79 Å². The van der Waals surface area contributed by atoms with E-state index in [0.717, 1.165) is 48.8 Å². The molecule has 0 unspecified atom stereocenters. The summed E-state index contributed by atoms with van der Waals surface area (Å²) in [7, 11) is 0. The second kappa shape index (κ2) is 6.04. The lowest BCUT2D eigenvalue weighted by Crippen LogP contribution is -2.46. The summed E-state index contributed by atoms with van der Waals surface area (Å²) >= 11 is 3.44. The van der Waals surface area contributed by atoms with Crippen molar-refractivity contribution in [1.82, 2.24) is 4.90 Å². The molecule has 2 N–H and O–H groups in total. The van der Waals surface area contributed by atoms with Gasteiger partial charge in [0.05, 0.1) is 5.41 Å². The first-order chi connectivity index (χ1) is 9.12. The van der Waals surface area contributed by atoms with Crippen molar-refractivity contribution in [3.8, 4) is 0 Å². The second-order valence-electron chi connectivity index (χ2n) is 5.72. The molecule has 1 aliphatic carbocycles. The zero-order valence-corrected chi connectivity index (χ0v) is 13.8. The van der Waals surface area contributed by atoms with Crippen molar-refractivity contribution in [2.75, 3.05) is 13.1 Å². The Bertz CT molecular complexity index is 479. The fourth-order valence-electron chi connectivity index (χ4n) is 2.93. The van der Waals surface area contributed by atoms with Crippen molar-refractivity contribution in [2.24, 2.45) is 5.73 Å². The number of carbonyl (C=O) groups excluding carboxylic acids is 1. The van der Waals surface area contributed by atoms with Gasteiger partial charge in [-0.15, -0.1) is 12.4 Å². The van der Waals surface area contributed by atoms with Gasteiger partial charge in [0.25, 0.3) is 0 Å². The zero-order chi connectivity index (χ0) is 13.5. The van der Waals surface area contributed by atoms with Crippen LogP contribution in [0.1, 0.15) is 31.2 Å². The van der Waals surface area contributed by atoms with E-state index in [9.17, 15) is 4.79 Å². The normalized spacial score (nSPS) is 21.2. The van der Waals surface area contributed by atoms with Gasteiger partial charge < -0.3 is 10.6 Å². The van der Waals surface area contributed by atoms with Crippen LogP contribution in [-0.4, -0.2) is 29.9 Å². The molecule has 110 valence electrons. The van der Waals surface area contributed by atoms with E-state index in [2.05, 4.69) is 28.1 Å². The Morgan fingerprint density at radius 1 is 1.20 bits per heavy atom. The molecule has 3 nitrogen and oxygen atoms in total. The van der Waals surface area contributed by atoms with Crippen molar-refractivity contribution in [3.05, 3.63) is 34.3 Å². The predicted molar refractivity (Wildman–Crippen MR) is 86.1 cm³/mol. The van der Waals surface area contributed by atoms with Crippen LogP contribution in [0.25, 0.3) is 0 Å². The van der Waals surface area contributed by atoms with Gasteiger partial charge in [0.15, 0.2) is 0 Å². The minimum atomic E-state index is -0.234. The molecule has 3 rings (SSSR count). The lowest BCUT2D eigenvalue weighted by atomic mass is 9.93. The van der Waals surface area contributed by atoms with Gasteiger partial charge in [-0.05, 0) is 43.4 Å². The summed E-state index contributed by atoms with van der Waals surface area (Å²) in [6, 6.07) is 8.46. The Hall–Kier alpha value is -0.580. The van der Waals surface area contributed by atoms with Crippen LogP contribution in [0.3, 0.4) is 0 Å².